The Morgan fingerprint density at radius 3 is 1.94 bits per heavy atom. The summed E-state index contributed by atoms with van der Waals surface area (Å²) in [5.41, 5.74) is -0.680. The van der Waals surface area contributed by atoms with Gasteiger partial charge in [0.25, 0.3) is 0 Å². The lowest BCUT2D eigenvalue weighted by molar-refractivity contribution is 0.00578. The molecule has 4 heteroatoms. The first kappa shape index (κ1) is 13.4. The first-order valence-corrected chi connectivity index (χ1v) is 6.87. The first-order chi connectivity index (χ1) is 7.83. The number of hydrogen-bond donors (Lipinski definition) is 1. The van der Waals surface area contributed by atoms with Crippen molar-refractivity contribution in [2.24, 2.45) is 5.92 Å². The fraction of sp³-hybridized carbons (Fsp3) is 1.00. The summed E-state index contributed by atoms with van der Waals surface area (Å²) in [6.45, 7) is 8.11. The van der Waals surface area contributed by atoms with Crippen molar-refractivity contribution < 1.29 is 14.4 Å². The summed E-state index contributed by atoms with van der Waals surface area (Å²) in [6.07, 6.45) is 5.95. The van der Waals surface area contributed by atoms with Gasteiger partial charge in [-0.3, -0.25) is 0 Å². The van der Waals surface area contributed by atoms with E-state index in [0.29, 0.717) is 5.92 Å². The molecule has 0 unspecified atom stereocenters. The lowest BCUT2D eigenvalue weighted by atomic mass is 9.69. The number of rotatable bonds is 2. The SMILES string of the molecule is CC1(C)OB([C@H](O)C2CCCCC2)OC1(C)C. The molecule has 0 amide bonds. The first-order valence-electron chi connectivity index (χ1n) is 6.87. The van der Waals surface area contributed by atoms with Gasteiger partial charge in [0.05, 0.1) is 17.2 Å². The van der Waals surface area contributed by atoms with Gasteiger partial charge >= 0.3 is 7.12 Å². The van der Waals surface area contributed by atoms with Gasteiger partial charge in [0.1, 0.15) is 0 Å². The van der Waals surface area contributed by atoms with Gasteiger partial charge < -0.3 is 14.4 Å². The van der Waals surface area contributed by atoms with Crippen molar-refractivity contribution >= 4 is 7.12 Å². The third-order valence-electron chi connectivity index (χ3n) is 4.68. The minimum absolute atomic E-state index is 0.340. The van der Waals surface area contributed by atoms with E-state index in [2.05, 4.69) is 0 Å². The molecule has 2 fully saturated rings. The minimum Gasteiger partial charge on any atom is -0.402 e. The maximum absolute atomic E-state index is 10.4. The fourth-order valence-electron chi connectivity index (χ4n) is 2.73. The Balaban J connectivity index is 1.99. The molecule has 1 aliphatic heterocycles. The molecule has 0 aromatic carbocycles. The zero-order chi connectivity index (χ0) is 12.7. The van der Waals surface area contributed by atoms with Crippen LogP contribution in [-0.2, 0) is 9.31 Å². The van der Waals surface area contributed by atoms with Crippen molar-refractivity contribution in [1.82, 2.24) is 0 Å². The molecule has 2 aliphatic rings. The van der Waals surface area contributed by atoms with Crippen molar-refractivity contribution in [2.75, 3.05) is 0 Å². The highest BCUT2D eigenvalue weighted by Gasteiger charge is 2.54. The summed E-state index contributed by atoms with van der Waals surface area (Å²) in [6, 6.07) is -0.476. The average molecular weight is 240 g/mol. The summed E-state index contributed by atoms with van der Waals surface area (Å²) in [7, 11) is -0.455. The van der Waals surface area contributed by atoms with E-state index in [1.54, 1.807) is 0 Å². The fourth-order valence-corrected chi connectivity index (χ4v) is 2.73. The van der Waals surface area contributed by atoms with Crippen molar-refractivity contribution in [3.63, 3.8) is 0 Å². The number of aliphatic hydroxyl groups is 1. The zero-order valence-electron chi connectivity index (χ0n) is 11.5. The molecule has 0 bridgehead atoms. The maximum atomic E-state index is 10.4. The van der Waals surface area contributed by atoms with Crippen LogP contribution in [0.4, 0.5) is 0 Å². The topological polar surface area (TPSA) is 38.7 Å². The van der Waals surface area contributed by atoms with E-state index in [9.17, 15) is 5.11 Å². The highest BCUT2D eigenvalue weighted by atomic mass is 16.7. The summed E-state index contributed by atoms with van der Waals surface area (Å²) in [5, 5.41) is 10.4. The van der Waals surface area contributed by atoms with E-state index in [4.69, 9.17) is 9.31 Å². The van der Waals surface area contributed by atoms with E-state index >= 15 is 0 Å². The molecule has 1 N–H and O–H groups in total. The number of aliphatic hydroxyl groups excluding tert-OH is 1. The second-order valence-electron chi connectivity index (χ2n) is 6.51. The van der Waals surface area contributed by atoms with Crippen LogP contribution in [0.2, 0.25) is 0 Å². The zero-order valence-corrected chi connectivity index (χ0v) is 11.5. The van der Waals surface area contributed by atoms with Gasteiger partial charge in [-0.1, -0.05) is 19.3 Å². The van der Waals surface area contributed by atoms with Crippen LogP contribution in [0.5, 0.6) is 0 Å². The third kappa shape index (κ3) is 2.54. The Morgan fingerprint density at radius 1 is 1.00 bits per heavy atom. The lowest BCUT2D eigenvalue weighted by Crippen LogP contribution is -2.41. The molecule has 98 valence electrons. The van der Waals surface area contributed by atoms with E-state index in [1.165, 1.54) is 19.3 Å². The van der Waals surface area contributed by atoms with Crippen molar-refractivity contribution in [3.8, 4) is 0 Å². The van der Waals surface area contributed by atoms with Crippen LogP contribution >= 0.6 is 0 Å². The molecule has 1 saturated heterocycles. The summed E-state index contributed by atoms with van der Waals surface area (Å²) < 4.78 is 11.8. The monoisotopic (exact) mass is 240 g/mol. The Labute approximate surface area is 105 Å². The van der Waals surface area contributed by atoms with Crippen LogP contribution in [-0.4, -0.2) is 29.4 Å². The molecule has 1 heterocycles. The molecular weight excluding hydrogens is 215 g/mol. The normalized spacial score (nSPS) is 30.5. The third-order valence-corrected chi connectivity index (χ3v) is 4.68. The molecule has 3 nitrogen and oxygen atoms in total. The molecule has 0 radical (unpaired) electrons. The van der Waals surface area contributed by atoms with Gasteiger partial charge in [0.2, 0.25) is 0 Å². The summed E-state index contributed by atoms with van der Waals surface area (Å²) in [4.78, 5) is 0. The van der Waals surface area contributed by atoms with E-state index < -0.39 is 13.1 Å². The molecular formula is C13H25BO3. The van der Waals surface area contributed by atoms with Crippen molar-refractivity contribution in [3.05, 3.63) is 0 Å². The summed E-state index contributed by atoms with van der Waals surface area (Å²) in [5.74, 6) is 0.346. The average Bonchev–Trinajstić information content (AvgIpc) is 2.48. The second-order valence-corrected chi connectivity index (χ2v) is 6.51. The minimum atomic E-state index is -0.476. The van der Waals surface area contributed by atoms with Crippen LogP contribution in [0.15, 0.2) is 0 Å². The van der Waals surface area contributed by atoms with Crippen molar-refractivity contribution in [2.45, 2.75) is 77.0 Å². The molecule has 1 atom stereocenters. The Kier molecular flexibility index (Phi) is 3.59. The predicted octanol–water partition coefficient (Wildman–Crippen LogP) is 2.56. The lowest BCUT2D eigenvalue weighted by Gasteiger charge is -2.32. The molecule has 0 aromatic rings. The molecule has 17 heavy (non-hydrogen) atoms. The van der Waals surface area contributed by atoms with Crippen LogP contribution < -0.4 is 0 Å². The number of hydrogen-bond acceptors (Lipinski definition) is 3. The largest absolute Gasteiger partial charge is 0.488 e. The van der Waals surface area contributed by atoms with Crippen LogP contribution in [0.3, 0.4) is 0 Å². The van der Waals surface area contributed by atoms with E-state index in [1.807, 2.05) is 27.7 Å². The van der Waals surface area contributed by atoms with Crippen LogP contribution in [0, 0.1) is 5.92 Å². The van der Waals surface area contributed by atoms with Crippen LogP contribution in [0.1, 0.15) is 59.8 Å². The highest BCUT2D eigenvalue weighted by molar-refractivity contribution is 6.47. The molecule has 2 rings (SSSR count). The van der Waals surface area contributed by atoms with E-state index in [0.717, 1.165) is 12.8 Å². The van der Waals surface area contributed by atoms with Gasteiger partial charge in [-0.05, 0) is 46.5 Å². The van der Waals surface area contributed by atoms with Gasteiger partial charge in [-0.25, -0.2) is 0 Å². The smallest absolute Gasteiger partial charge is 0.402 e. The quantitative estimate of drug-likeness (QED) is 0.754. The van der Waals surface area contributed by atoms with Crippen molar-refractivity contribution in [1.29, 1.82) is 0 Å². The highest BCUT2D eigenvalue weighted by Crippen LogP contribution is 2.39. The van der Waals surface area contributed by atoms with Crippen LogP contribution in [0.25, 0.3) is 0 Å². The molecule has 1 saturated carbocycles. The Hall–Kier alpha value is -0.0551. The second kappa shape index (κ2) is 4.56. The maximum Gasteiger partial charge on any atom is 0.488 e. The van der Waals surface area contributed by atoms with Gasteiger partial charge in [0, 0.05) is 0 Å². The molecule has 0 aromatic heterocycles. The van der Waals surface area contributed by atoms with E-state index in [-0.39, 0.29) is 11.2 Å². The molecule has 1 aliphatic carbocycles. The standard InChI is InChI=1S/C13H25BO3/c1-12(2)13(3,4)17-14(16-12)11(15)10-8-6-5-7-9-10/h10-11,15H,5-9H2,1-4H3/t11-/m1/s1. The van der Waals surface area contributed by atoms with Gasteiger partial charge in [0.15, 0.2) is 0 Å². The summed E-state index contributed by atoms with van der Waals surface area (Å²) >= 11 is 0. The Bertz CT molecular complexity index is 256. The Morgan fingerprint density at radius 2 is 1.47 bits per heavy atom. The molecule has 0 spiro atoms. The predicted molar refractivity (Wildman–Crippen MR) is 68.7 cm³/mol. The van der Waals surface area contributed by atoms with Gasteiger partial charge in [-0.15, -0.1) is 0 Å². The van der Waals surface area contributed by atoms with Gasteiger partial charge in [-0.2, -0.15) is 0 Å².